The molecule has 1 aromatic carbocycles. The quantitative estimate of drug-likeness (QED) is 0.277. The predicted octanol–water partition coefficient (Wildman–Crippen LogP) is 3.78. The summed E-state index contributed by atoms with van der Waals surface area (Å²) in [4.78, 5) is 24.4. The van der Waals surface area contributed by atoms with E-state index >= 15 is 0 Å². The number of hydrogen-bond acceptors (Lipinski definition) is 6. The number of nitrogen functional groups attached to an aromatic ring is 1. The Bertz CT molecular complexity index is 693. The SMILES string of the molecule is CCOC(=O)C(C(=O)CC)c1cc(OCC(F)(F)F)c(N)c(OCC(F)(F)F)c1. The lowest BCUT2D eigenvalue weighted by Gasteiger charge is -2.20. The Balaban J connectivity index is 3.45. The molecule has 6 nitrogen and oxygen atoms in total. The van der Waals surface area contributed by atoms with Crippen LogP contribution in [0.25, 0.3) is 0 Å². The Morgan fingerprint density at radius 2 is 1.41 bits per heavy atom. The first-order valence-corrected chi connectivity index (χ1v) is 8.30. The average molecular weight is 431 g/mol. The van der Waals surface area contributed by atoms with E-state index < -0.39 is 60.4 Å². The summed E-state index contributed by atoms with van der Waals surface area (Å²) in [6.45, 7) is -0.815. The third-order valence-corrected chi connectivity index (χ3v) is 3.44. The first kappa shape index (κ1) is 24.4. The van der Waals surface area contributed by atoms with Crippen LogP contribution < -0.4 is 15.2 Å². The molecular formula is C17H19F6NO5. The number of Topliss-reactive ketones (excluding diaryl/α,β-unsaturated/α-hetero) is 1. The lowest BCUT2D eigenvalue weighted by Crippen LogP contribution is -2.25. The van der Waals surface area contributed by atoms with Gasteiger partial charge in [-0.1, -0.05) is 6.92 Å². The lowest BCUT2D eigenvalue weighted by molar-refractivity contribution is -0.154. The Labute approximate surface area is 161 Å². The number of halogens is 6. The smallest absolute Gasteiger partial charge is 0.422 e. The zero-order valence-electron chi connectivity index (χ0n) is 15.4. The van der Waals surface area contributed by atoms with Crippen LogP contribution >= 0.6 is 0 Å². The highest BCUT2D eigenvalue weighted by Crippen LogP contribution is 2.38. The van der Waals surface area contributed by atoms with Crippen molar-refractivity contribution in [3.05, 3.63) is 17.7 Å². The molecule has 0 amide bonds. The van der Waals surface area contributed by atoms with Crippen LogP contribution in [0.2, 0.25) is 0 Å². The van der Waals surface area contributed by atoms with Gasteiger partial charge in [-0.25, -0.2) is 0 Å². The molecule has 0 radical (unpaired) electrons. The normalized spacial score (nSPS) is 13.0. The first-order valence-electron chi connectivity index (χ1n) is 8.30. The Morgan fingerprint density at radius 3 is 1.76 bits per heavy atom. The molecule has 0 bridgehead atoms. The van der Waals surface area contributed by atoms with Crippen molar-refractivity contribution in [1.82, 2.24) is 0 Å². The molecule has 164 valence electrons. The van der Waals surface area contributed by atoms with Crippen molar-refractivity contribution >= 4 is 17.4 Å². The van der Waals surface area contributed by atoms with Gasteiger partial charge in [0.25, 0.3) is 0 Å². The van der Waals surface area contributed by atoms with Gasteiger partial charge in [-0.3, -0.25) is 9.59 Å². The van der Waals surface area contributed by atoms with Crippen LogP contribution in [0.15, 0.2) is 12.1 Å². The van der Waals surface area contributed by atoms with E-state index in [1.165, 1.54) is 13.8 Å². The predicted molar refractivity (Wildman–Crippen MR) is 88.6 cm³/mol. The molecule has 0 fully saturated rings. The molecule has 1 rings (SSSR count). The second-order valence-electron chi connectivity index (χ2n) is 5.74. The van der Waals surface area contributed by atoms with Crippen LogP contribution in [0.3, 0.4) is 0 Å². The van der Waals surface area contributed by atoms with Gasteiger partial charge in [-0.05, 0) is 24.6 Å². The number of benzene rings is 1. The van der Waals surface area contributed by atoms with E-state index in [0.717, 1.165) is 12.1 Å². The molecule has 0 aromatic heterocycles. The van der Waals surface area contributed by atoms with Gasteiger partial charge in [0.1, 0.15) is 23.1 Å². The summed E-state index contributed by atoms with van der Waals surface area (Å²) in [5, 5.41) is 0. The maximum Gasteiger partial charge on any atom is 0.422 e. The number of ether oxygens (including phenoxy) is 3. The van der Waals surface area contributed by atoms with E-state index in [1.54, 1.807) is 0 Å². The highest BCUT2D eigenvalue weighted by Gasteiger charge is 2.34. The van der Waals surface area contributed by atoms with Crippen molar-refractivity contribution < 1.29 is 50.1 Å². The standard InChI is InChI=1S/C17H19F6NO5/c1-3-10(25)13(15(26)27-4-2)9-5-11(28-7-16(18,19)20)14(24)12(6-9)29-8-17(21,22)23/h5-6,13H,3-4,7-8,24H2,1-2H3. The first-order chi connectivity index (χ1) is 13.3. The second kappa shape index (κ2) is 9.70. The summed E-state index contributed by atoms with van der Waals surface area (Å²) in [7, 11) is 0. The molecular weight excluding hydrogens is 412 g/mol. The van der Waals surface area contributed by atoms with Crippen LogP contribution in [0.4, 0.5) is 32.0 Å². The zero-order valence-corrected chi connectivity index (χ0v) is 15.4. The monoisotopic (exact) mass is 431 g/mol. The largest absolute Gasteiger partial charge is 0.482 e. The number of carbonyl (C=O) groups is 2. The number of anilines is 1. The molecule has 1 aromatic rings. The van der Waals surface area contributed by atoms with E-state index in [-0.39, 0.29) is 18.6 Å². The minimum absolute atomic E-state index is 0.101. The average Bonchev–Trinajstić information content (AvgIpc) is 2.59. The molecule has 0 aliphatic heterocycles. The number of nitrogens with two attached hydrogens (primary N) is 1. The summed E-state index contributed by atoms with van der Waals surface area (Å²) in [5.74, 6) is -4.66. The van der Waals surface area contributed by atoms with Crippen molar-refractivity contribution in [2.75, 3.05) is 25.6 Å². The topological polar surface area (TPSA) is 87.9 Å². The molecule has 0 aliphatic carbocycles. The second-order valence-corrected chi connectivity index (χ2v) is 5.74. The highest BCUT2D eigenvalue weighted by molar-refractivity contribution is 6.04. The fraction of sp³-hybridized carbons (Fsp3) is 0.529. The molecule has 0 saturated carbocycles. The van der Waals surface area contributed by atoms with Crippen molar-refractivity contribution in [1.29, 1.82) is 0 Å². The minimum atomic E-state index is -4.77. The molecule has 29 heavy (non-hydrogen) atoms. The summed E-state index contributed by atoms with van der Waals surface area (Å²) in [6, 6.07) is 1.74. The number of ketones is 1. The molecule has 0 saturated heterocycles. The Morgan fingerprint density at radius 1 is 0.966 bits per heavy atom. The number of esters is 1. The summed E-state index contributed by atoms with van der Waals surface area (Å²) in [6.07, 6.45) is -9.68. The summed E-state index contributed by atoms with van der Waals surface area (Å²) >= 11 is 0. The summed E-state index contributed by atoms with van der Waals surface area (Å²) < 4.78 is 88.7. The van der Waals surface area contributed by atoms with Gasteiger partial charge in [0.05, 0.1) is 6.61 Å². The Hall–Kier alpha value is -2.66. The molecule has 1 atom stereocenters. The number of hydrogen-bond donors (Lipinski definition) is 1. The third-order valence-electron chi connectivity index (χ3n) is 3.44. The van der Waals surface area contributed by atoms with E-state index in [4.69, 9.17) is 10.5 Å². The molecule has 1 unspecified atom stereocenters. The molecule has 0 heterocycles. The molecule has 0 aliphatic rings. The van der Waals surface area contributed by atoms with Crippen LogP contribution in [-0.4, -0.2) is 43.9 Å². The van der Waals surface area contributed by atoms with Crippen LogP contribution in [0.5, 0.6) is 11.5 Å². The fourth-order valence-corrected chi connectivity index (χ4v) is 2.23. The maximum absolute atomic E-state index is 12.5. The van der Waals surface area contributed by atoms with Crippen LogP contribution in [0, 0.1) is 0 Å². The third kappa shape index (κ3) is 7.70. The van der Waals surface area contributed by atoms with Gasteiger partial charge < -0.3 is 19.9 Å². The molecule has 12 heteroatoms. The van der Waals surface area contributed by atoms with Crippen molar-refractivity contribution in [2.24, 2.45) is 0 Å². The Kier molecular flexibility index (Phi) is 8.15. The zero-order chi connectivity index (χ0) is 22.4. The maximum atomic E-state index is 12.5. The van der Waals surface area contributed by atoms with Gasteiger partial charge >= 0.3 is 18.3 Å². The van der Waals surface area contributed by atoms with Gasteiger partial charge in [-0.2, -0.15) is 26.3 Å². The number of carbonyl (C=O) groups excluding carboxylic acids is 2. The van der Waals surface area contributed by atoms with Crippen molar-refractivity contribution in [2.45, 2.75) is 38.5 Å². The van der Waals surface area contributed by atoms with Gasteiger partial charge in [-0.15, -0.1) is 0 Å². The fourth-order valence-electron chi connectivity index (χ4n) is 2.23. The van der Waals surface area contributed by atoms with Crippen molar-refractivity contribution in [3.8, 4) is 11.5 Å². The van der Waals surface area contributed by atoms with E-state index in [2.05, 4.69) is 9.47 Å². The summed E-state index contributed by atoms with van der Waals surface area (Å²) in [5.41, 5.74) is 4.66. The van der Waals surface area contributed by atoms with E-state index in [0.29, 0.717) is 0 Å². The molecule has 0 spiro atoms. The van der Waals surface area contributed by atoms with Gasteiger partial charge in [0.15, 0.2) is 19.0 Å². The number of rotatable bonds is 9. The van der Waals surface area contributed by atoms with Crippen LogP contribution in [0.1, 0.15) is 31.7 Å². The lowest BCUT2D eigenvalue weighted by atomic mass is 9.92. The van der Waals surface area contributed by atoms with Crippen molar-refractivity contribution in [3.63, 3.8) is 0 Å². The van der Waals surface area contributed by atoms with E-state index in [1.807, 2.05) is 0 Å². The van der Waals surface area contributed by atoms with E-state index in [9.17, 15) is 35.9 Å². The van der Waals surface area contributed by atoms with Gasteiger partial charge in [0, 0.05) is 6.42 Å². The minimum Gasteiger partial charge on any atom is -0.482 e. The highest BCUT2D eigenvalue weighted by atomic mass is 19.4. The van der Waals surface area contributed by atoms with Gasteiger partial charge in [0.2, 0.25) is 0 Å². The number of alkyl halides is 6. The molecule has 2 N–H and O–H groups in total. The van der Waals surface area contributed by atoms with Crippen LogP contribution in [-0.2, 0) is 14.3 Å².